The second-order valence-corrected chi connectivity index (χ2v) is 5.09. The molecule has 0 aromatic carbocycles. The zero-order chi connectivity index (χ0) is 13.1. The summed E-state index contributed by atoms with van der Waals surface area (Å²) in [7, 11) is -2.55. The lowest BCUT2D eigenvalue weighted by molar-refractivity contribution is -0.137. The topological polar surface area (TPSA) is 128 Å². The molecule has 3 N–H and O–H groups in total. The van der Waals surface area contributed by atoms with E-state index in [1.165, 1.54) is 7.05 Å². The Bertz CT molecular complexity index is 496. The number of aliphatic carboxylic acids is 1. The van der Waals surface area contributed by atoms with E-state index in [0.29, 0.717) is 5.82 Å². The van der Waals surface area contributed by atoms with Gasteiger partial charge in [0, 0.05) is 13.6 Å². The number of aromatic nitrogens is 3. The number of anilines is 1. The molecule has 0 atom stereocenters. The van der Waals surface area contributed by atoms with E-state index in [1.54, 1.807) is 6.92 Å². The predicted octanol–water partition coefficient (Wildman–Crippen LogP) is -0.824. The lowest BCUT2D eigenvalue weighted by Crippen LogP contribution is -2.34. The quantitative estimate of drug-likeness (QED) is 0.615. The van der Waals surface area contributed by atoms with Crippen molar-refractivity contribution in [3.05, 3.63) is 5.82 Å². The van der Waals surface area contributed by atoms with Gasteiger partial charge >= 0.3 is 16.2 Å². The Morgan fingerprint density at radius 2 is 2.24 bits per heavy atom. The van der Waals surface area contributed by atoms with E-state index < -0.39 is 16.2 Å². The summed E-state index contributed by atoms with van der Waals surface area (Å²) in [5.74, 6) is -0.679. The summed E-state index contributed by atoms with van der Waals surface area (Å²) in [6.07, 6.45) is -0.273. The number of aryl methyl sites for hydroxylation is 1. The second-order valence-electron chi connectivity index (χ2n) is 3.32. The van der Waals surface area contributed by atoms with Gasteiger partial charge in [0.05, 0.1) is 6.42 Å². The maximum Gasteiger partial charge on any atom is 0.304 e. The number of hydrogen-bond donors (Lipinski definition) is 3. The van der Waals surface area contributed by atoms with E-state index in [0.717, 1.165) is 4.31 Å². The van der Waals surface area contributed by atoms with E-state index in [-0.39, 0.29) is 18.9 Å². The van der Waals surface area contributed by atoms with Gasteiger partial charge in [-0.1, -0.05) is 0 Å². The third-order valence-corrected chi connectivity index (χ3v) is 3.31. The van der Waals surface area contributed by atoms with E-state index in [4.69, 9.17) is 5.11 Å². The van der Waals surface area contributed by atoms with Crippen LogP contribution in [0.5, 0.6) is 0 Å². The molecule has 0 aliphatic heterocycles. The zero-order valence-electron chi connectivity index (χ0n) is 9.34. The lowest BCUT2D eigenvalue weighted by Gasteiger charge is -2.15. The molecule has 1 aromatic rings. The summed E-state index contributed by atoms with van der Waals surface area (Å²) in [6, 6.07) is 0. The van der Waals surface area contributed by atoms with Gasteiger partial charge < -0.3 is 5.11 Å². The van der Waals surface area contributed by atoms with Crippen molar-refractivity contribution in [2.24, 2.45) is 0 Å². The summed E-state index contributed by atoms with van der Waals surface area (Å²) >= 11 is 0. The molecule has 9 nitrogen and oxygen atoms in total. The molecule has 0 amide bonds. The predicted molar refractivity (Wildman–Crippen MR) is 58.5 cm³/mol. The Morgan fingerprint density at radius 1 is 1.59 bits per heavy atom. The van der Waals surface area contributed by atoms with Gasteiger partial charge in [0.1, 0.15) is 5.82 Å². The van der Waals surface area contributed by atoms with Gasteiger partial charge in [0.15, 0.2) is 0 Å². The van der Waals surface area contributed by atoms with Crippen LogP contribution in [0.25, 0.3) is 0 Å². The minimum Gasteiger partial charge on any atom is -0.481 e. The highest BCUT2D eigenvalue weighted by Crippen LogP contribution is 2.04. The molecule has 17 heavy (non-hydrogen) atoms. The fourth-order valence-electron chi connectivity index (χ4n) is 0.955. The monoisotopic (exact) mass is 263 g/mol. The number of nitrogens with zero attached hydrogens (tertiary/aromatic N) is 3. The molecule has 0 saturated carbocycles. The molecule has 96 valence electrons. The van der Waals surface area contributed by atoms with Gasteiger partial charge in [0.25, 0.3) is 5.95 Å². The standard InChI is InChI=1S/C7H13N5O4S/c1-5-8-7(10-9-5)11-17(15,16)12(2)4-3-6(13)14/h3-4H2,1-2H3,(H,13,14)(H2,8,9,10,11). The highest BCUT2D eigenvalue weighted by molar-refractivity contribution is 7.90. The minimum atomic E-state index is -3.82. The zero-order valence-corrected chi connectivity index (χ0v) is 10.2. The molecule has 1 rings (SSSR count). The molecule has 0 unspecified atom stereocenters. The third-order valence-electron chi connectivity index (χ3n) is 1.87. The van der Waals surface area contributed by atoms with Crippen LogP contribution in [0.2, 0.25) is 0 Å². The van der Waals surface area contributed by atoms with Gasteiger partial charge in [-0.3, -0.25) is 9.89 Å². The Morgan fingerprint density at radius 3 is 2.71 bits per heavy atom. The molecule has 0 spiro atoms. The number of hydrogen-bond acceptors (Lipinski definition) is 5. The fraction of sp³-hybridized carbons (Fsp3) is 0.571. The van der Waals surface area contributed by atoms with Crippen molar-refractivity contribution >= 4 is 22.1 Å². The van der Waals surface area contributed by atoms with Crippen LogP contribution in [0.15, 0.2) is 0 Å². The average molecular weight is 263 g/mol. The SMILES string of the molecule is Cc1nc(NS(=O)(=O)N(C)CCC(=O)O)n[nH]1. The van der Waals surface area contributed by atoms with Gasteiger partial charge in [0.2, 0.25) is 0 Å². The molecule has 0 aliphatic carbocycles. The largest absolute Gasteiger partial charge is 0.481 e. The molecule has 0 radical (unpaired) electrons. The molecule has 1 aromatic heterocycles. The van der Waals surface area contributed by atoms with Crippen LogP contribution in [0.3, 0.4) is 0 Å². The van der Waals surface area contributed by atoms with Crippen molar-refractivity contribution in [1.82, 2.24) is 19.5 Å². The molecule has 0 saturated heterocycles. The average Bonchev–Trinajstić information content (AvgIpc) is 2.59. The number of carboxylic acid groups (broad SMARTS) is 1. The van der Waals surface area contributed by atoms with Crippen LogP contribution in [-0.2, 0) is 15.0 Å². The highest BCUT2D eigenvalue weighted by Gasteiger charge is 2.19. The van der Waals surface area contributed by atoms with Gasteiger partial charge in [-0.05, 0) is 6.92 Å². The van der Waals surface area contributed by atoms with Crippen LogP contribution in [-0.4, -0.2) is 52.6 Å². The summed E-state index contributed by atoms with van der Waals surface area (Å²) in [5, 5.41) is 14.5. The summed E-state index contributed by atoms with van der Waals surface area (Å²) in [4.78, 5) is 14.1. The number of carbonyl (C=O) groups is 1. The van der Waals surface area contributed by atoms with Crippen molar-refractivity contribution in [2.45, 2.75) is 13.3 Å². The second kappa shape index (κ2) is 5.10. The molecular weight excluding hydrogens is 250 g/mol. The van der Waals surface area contributed by atoms with Crippen molar-refractivity contribution < 1.29 is 18.3 Å². The van der Waals surface area contributed by atoms with E-state index in [1.807, 2.05) is 0 Å². The van der Waals surface area contributed by atoms with Crippen LogP contribution in [0.4, 0.5) is 5.95 Å². The molecule has 0 aliphatic rings. The smallest absolute Gasteiger partial charge is 0.304 e. The molecule has 0 fully saturated rings. The Kier molecular flexibility index (Phi) is 4.02. The van der Waals surface area contributed by atoms with Crippen molar-refractivity contribution in [3.63, 3.8) is 0 Å². The van der Waals surface area contributed by atoms with Crippen molar-refractivity contribution in [1.29, 1.82) is 0 Å². The Labute approximate surface area is 98.0 Å². The van der Waals surface area contributed by atoms with Crippen LogP contribution in [0, 0.1) is 6.92 Å². The third kappa shape index (κ3) is 4.00. The number of carboxylic acids is 1. The summed E-state index contributed by atoms with van der Waals surface area (Å²) in [5.41, 5.74) is 0. The number of H-pyrrole nitrogens is 1. The van der Waals surface area contributed by atoms with Crippen molar-refractivity contribution in [2.75, 3.05) is 18.3 Å². The van der Waals surface area contributed by atoms with E-state index in [9.17, 15) is 13.2 Å². The lowest BCUT2D eigenvalue weighted by atomic mass is 10.4. The summed E-state index contributed by atoms with van der Waals surface area (Å²) < 4.78 is 26.3. The first-order valence-corrected chi connectivity index (χ1v) is 6.10. The maximum atomic E-state index is 11.6. The first kappa shape index (κ1) is 13.4. The van der Waals surface area contributed by atoms with Crippen LogP contribution < -0.4 is 4.72 Å². The first-order valence-electron chi connectivity index (χ1n) is 4.66. The van der Waals surface area contributed by atoms with E-state index in [2.05, 4.69) is 19.9 Å². The number of rotatable bonds is 6. The summed E-state index contributed by atoms with van der Waals surface area (Å²) in [6.45, 7) is 1.49. The molecule has 0 bridgehead atoms. The van der Waals surface area contributed by atoms with Crippen LogP contribution >= 0.6 is 0 Å². The highest BCUT2D eigenvalue weighted by atomic mass is 32.2. The molecule has 1 heterocycles. The van der Waals surface area contributed by atoms with Crippen LogP contribution in [0.1, 0.15) is 12.2 Å². The van der Waals surface area contributed by atoms with E-state index >= 15 is 0 Å². The Hall–Kier alpha value is -1.68. The Balaban J connectivity index is 2.64. The molecular formula is C7H13N5O4S. The fourth-order valence-corrected chi connectivity index (χ4v) is 1.76. The minimum absolute atomic E-state index is 0.0790. The van der Waals surface area contributed by atoms with Gasteiger partial charge in [-0.25, -0.2) is 4.72 Å². The number of nitrogens with one attached hydrogen (secondary N) is 2. The van der Waals surface area contributed by atoms with Crippen molar-refractivity contribution in [3.8, 4) is 0 Å². The van der Waals surface area contributed by atoms with Gasteiger partial charge in [-0.2, -0.15) is 17.7 Å². The number of aromatic amines is 1. The first-order chi connectivity index (χ1) is 7.81. The normalized spacial score (nSPS) is 11.7. The molecule has 10 heteroatoms. The maximum absolute atomic E-state index is 11.6. The van der Waals surface area contributed by atoms with Gasteiger partial charge in [-0.15, -0.1) is 5.10 Å².